The highest BCUT2D eigenvalue weighted by Gasteiger charge is 2.30. The van der Waals surface area contributed by atoms with Gasteiger partial charge in [-0.3, -0.25) is 0 Å². The van der Waals surface area contributed by atoms with Gasteiger partial charge >= 0.3 is 0 Å². The maximum atomic E-state index is 9.82. The van der Waals surface area contributed by atoms with Crippen molar-refractivity contribution in [1.82, 2.24) is 0 Å². The summed E-state index contributed by atoms with van der Waals surface area (Å²) >= 11 is 0. The molecule has 0 unspecified atom stereocenters. The Kier molecular flexibility index (Phi) is 2.88. The van der Waals surface area contributed by atoms with Crippen molar-refractivity contribution < 1.29 is 15.1 Å². The second-order valence-electron chi connectivity index (χ2n) is 3.10. The summed E-state index contributed by atoms with van der Waals surface area (Å²) in [5, 5.41) is 20.9. The third-order valence-corrected chi connectivity index (χ3v) is 2.06. The van der Waals surface area contributed by atoms with Gasteiger partial charge in [0.15, 0.2) is 0 Å². The number of hydrogen-bond donors (Lipinski definition) is 3. The summed E-state index contributed by atoms with van der Waals surface area (Å²) in [7, 11) is 0. The van der Waals surface area contributed by atoms with E-state index in [0.717, 1.165) is 0 Å². The van der Waals surface area contributed by atoms with Gasteiger partial charge in [-0.25, -0.2) is 0 Å². The predicted molar refractivity (Wildman–Crippen MR) is 43.0 cm³/mol. The van der Waals surface area contributed by atoms with Crippen LogP contribution in [0.15, 0.2) is 5.16 Å². The van der Waals surface area contributed by atoms with E-state index in [-0.39, 0.29) is 12.3 Å². The molecule has 12 heavy (non-hydrogen) atoms. The average molecular weight is 174 g/mol. The van der Waals surface area contributed by atoms with Crippen molar-refractivity contribution in [3.05, 3.63) is 0 Å². The molecule has 0 aromatic rings. The van der Waals surface area contributed by atoms with Crippen LogP contribution in [0.2, 0.25) is 0 Å². The van der Waals surface area contributed by atoms with Gasteiger partial charge in [-0.2, -0.15) is 0 Å². The van der Waals surface area contributed by atoms with Gasteiger partial charge < -0.3 is 20.8 Å². The maximum Gasteiger partial charge on any atom is 0.142 e. The predicted octanol–water partition coefficient (Wildman–Crippen LogP) is -0.336. The lowest BCUT2D eigenvalue weighted by molar-refractivity contribution is -0.0587. The van der Waals surface area contributed by atoms with Crippen LogP contribution in [0.5, 0.6) is 0 Å². The van der Waals surface area contributed by atoms with Crippen LogP contribution in [0.4, 0.5) is 0 Å². The largest absolute Gasteiger partial charge is 0.409 e. The van der Waals surface area contributed by atoms with E-state index in [4.69, 9.17) is 15.7 Å². The normalized spacial score (nSPS) is 23.9. The summed E-state index contributed by atoms with van der Waals surface area (Å²) < 4.78 is 5.08. The fraction of sp³-hybridized carbons (Fsp3) is 0.857. The summed E-state index contributed by atoms with van der Waals surface area (Å²) in [6, 6.07) is 0. The summed E-state index contributed by atoms with van der Waals surface area (Å²) in [5.74, 6) is 0.0689. The quantitative estimate of drug-likeness (QED) is 0.231. The van der Waals surface area contributed by atoms with Crippen LogP contribution < -0.4 is 5.73 Å². The Morgan fingerprint density at radius 2 is 2.08 bits per heavy atom. The van der Waals surface area contributed by atoms with E-state index in [1.165, 1.54) is 0 Å². The number of amidine groups is 1. The van der Waals surface area contributed by atoms with E-state index in [0.29, 0.717) is 26.1 Å². The number of ether oxygens (including phenoxy) is 1. The molecule has 1 fully saturated rings. The Balaban J connectivity index is 2.46. The molecule has 5 nitrogen and oxygen atoms in total. The van der Waals surface area contributed by atoms with Crippen molar-refractivity contribution in [3.63, 3.8) is 0 Å². The maximum absolute atomic E-state index is 9.82. The first kappa shape index (κ1) is 9.28. The molecule has 0 aromatic heterocycles. The second kappa shape index (κ2) is 3.73. The second-order valence-corrected chi connectivity index (χ2v) is 3.10. The molecular weight excluding hydrogens is 160 g/mol. The van der Waals surface area contributed by atoms with Crippen molar-refractivity contribution in [2.75, 3.05) is 13.2 Å². The summed E-state index contributed by atoms with van der Waals surface area (Å²) in [6.07, 6.45) is 1.30. The number of aliphatic hydroxyl groups is 1. The molecule has 0 amide bonds. The molecule has 0 radical (unpaired) electrons. The van der Waals surface area contributed by atoms with Crippen molar-refractivity contribution in [1.29, 1.82) is 0 Å². The Bertz CT molecular complexity index is 175. The fourth-order valence-electron chi connectivity index (χ4n) is 1.30. The molecule has 70 valence electrons. The third-order valence-electron chi connectivity index (χ3n) is 2.06. The van der Waals surface area contributed by atoms with Crippen LogP contribution in [-0.2, 0) is 4.74 Å². The van der Waals surface area contributed by atoms with E-state index < -0.39 is 5.60 Å². The zero-order valence-electron chi connectivity index (χ0n) is 6.86. The van der Waals surface area contributed by atoms with E-state index in [1.54, 1.807) is 0 Å². The van der Waals surface area contributed by atoms with Crippen molar-refractivity contribution in [3.8, 4) is 0 Å². The minimum absolute atomic E-state index is 0.0689. The average Bonchev–Trinajstić information content (AvgIpc) is 2.05. The first-order valence-electron chi connectivity index (χ1n) is 3.93. The lowest BCUT2D eigenvalue weighted by Crippen LogP contribution is -2.39. The van der Waals surface area contributed by atoms with Gasteiger partial charge in [0.25, 0.3) is 0 Å². The molecule has 1 rings (SSSR count). The standard InChI is InChI=1S/C7H14N2O3/c8-6(9-11)5-7(10)1-3-12-4-2-7/h10-11H,1-5H2,(H2,8,9). The van der Waals surface area contributed by atoms with E-state index in [2.05, 4.69) is 5.16 Å². The topological polar surface area (TPSA) is 88.1 Å². The van der Waals surface area contributed by atoms with Crippen LogP contribution in [0.25, 0.3) is 0 Å². The number of oxime groups is 1. The number of hydrogen-bond acceptors (Lipinski definition) is 4. The smallest absolute Gasteiger partial charge is 0.142 e. The van der Waals surface area contributed by atoms with Crippen LogP contribution in [0.1, 0.15) is 19.3 Å². The van der Waals surface area contributed by atoms with Crippen LogP contribution >= 0.6 is 0 Å². The van der Waals surface area contributed by atoms with E-state index >= 15 is 0 Å². The molecule has 0 bridgehead atoms. The molecule has 1 heterocycles. The molecule has 0 spiro atoms. The summed E-state index contributed by atoms with van der Waals surface area (Å²) in [6.45, 7) is 1.07. The van der Waals surface area contributed by atoms with Gasteiger partial charge in [0.1, 0.15) is 5.84 Å². The monoisotopic (exact) mass is 174 g/mol. The number of rotatable bonds is 2. The Hall–Kier alpha value is -0.810. The molecule has 0 aromatic carbocycles. The lowest BCUT2D eigenvalue weighted by Gasteiger charge is -2.31. The number of nitrogens with two attached hydrogens (primary N) is 1. The molecule has 4 N–H and O–H groups in total. The summed E-state index contributed by atoms with van der Waals surface area (Å²) in [5.41, 5.74) is 4.45. The Labute approximate surface area is 70.8 Å². The van der Waals surface area contributed by atoms with E-state index in [1.807, 2.05) is 0 Å². The van der Waals surface area contributed by atoms with Crippen molar-refractivity contribution in [2.45, 2.75) is 24.9 Å². The van der Waals surface area contributed by atoms with Crippen molar-refractivity contribution in [2.24, 2.45) is 10.9 Å². The molecule has 0 aliphatic carbocycles. The van der Waals surface area contributed by atoms with E-state index in [9.17, 15) is 5.11 Å². The highest BCUT2D eigenvalue weighted by Crippen LogP contribution is 2.23. The van der Waals surface area contributed by atoms with Gasteiger partial charge in [0.05, 0.1) is 5.60 Å². The molecule has 5 heteroatoms. The van der Waals surface area contributed by atoms with Gasteiger partial charge in [-0.15, -0.1) is 0 Å². The van der Waals surface area contributed by atoms with Crippen molar-refractivity contribution >= 4 is 5.84 Å². The molecule has 0 atom stereocenters. The summed E-state index contributed by atoms with van der Waals surface area (Å²) in [4.78, 5) is 0. The molecule has 1 aliphatic rings. The van der Waals surface area contributed by atoms with Crippen LogP contribution in [0, 0.1) is 0 Å². The zero-order valence-corrected chi connectivity index (χ0v) is 6.86. The molecular formula is C7H14N2O3. The lowest BCUT2D eigenvalue weighted by atomic mass is 9.90. The highest BCUT2D eigenvalue weighted by atomic mass is 16.5. The van der Waals surface area contributed by atoms with Gasteiger partial charge in [0, 0.05) is 32.5 Å². The fourth-order valence-corrected chi connectivity index (χ4v) is 1.30. The minimum atomic E-state index is -0.839. The Morgan fingerprint density at radius 1 is 1.50 bits per heavy atom. The molecule has 1 saturated heterocycles. The first-order valence-corrected chi connectivity index (χ1v) is 3.93. The third kappa shape index (κ3) is 2.35. The molecule has 0 saturated carbocycles. The Morgan fingerprint density at radius 3 is 2.58 bits per heavy atom. The SMILES string of the molecule is NC(CC1(O)CCOCC1)=NO. The zero-order chi connectivity index (χ0) is 9.03. The minimum Gasteiger partial charge on any atom is -0.409 e. The van der Waals surface area contributed by atoms with Gasteiger partial charge in [-0.05, 0) is 0 Å². The number of nitrogens with zero attached hydrogens (tertiary/aromatic N) is 1. The first-order chi connectivity index (χ1) is 5.66. The highest BCUT2D eigenvalue weighted by molar-refractivity contribution is 5.80. The van der Waals surface area contributed by atoms with Gasteiger partial charge in [0.2, 0.25) is 0 Å². The molecule has 1 aliphatic heterocycles. The van der Waals surface area contributed by atoms with Crippen LogP contribution in [-0.4, -0.2) is 35.0 Å². The van der Waals surface area contributed by atoms with Gasteiger partial charge in [-0.1, -0.05) is 5.16 Å². The van der Waals surface area contributed by atoms with Crippen LogP contribution in [0.3, 0.4) is 0 Å².